The number of nitrogens with two attached hydrogens (primary N) is 1. The minimum atomic E-state index is -0.987. The van der Waals surface area contributed by atoms with Crippen LogP contribution in [0.1, 0.15) is 36.5 Å². The van der Waals surface area contributed by atoms with Crippen LogP contribution in [0, 0.1) is 0 Å². The number of hydrogen-bond donors (Lipinski definition) is 3. The predicted octanol–water partition coefficient (Wildman–Crippen LogP) is 1.35. The SMILES string of the molecule is CC(=NOC(=O)c1ccccc1)NCCCC[C@H](N)C(=O)O. The molecule has 0 aliphatic heterocycles. The summed E-state index contributed by atoms with van der Waals surface area (Å²) in [5.41, 5.74) is 5.83. The summed E-state index contributed by atoms with van der Waals surface area (Å²) in [4.78, 5) is 27.0. The Hall–Kier alpha value is -2.41. The Morgan fingerprint density at radius 1 is 1.32 bits per heavy atom. The van der Waals surface area contributed by atoms with Gasteiger partial charge in [-0.15, -0.1) is 0 Å². The normalized spacial score (nSPS) is 12.5. The fourth-order valence-corrected chi connectivity index (χ4v) is 1.65. The zero-order valence-corrected chi connectivity index (χ0v) is 12.5. The van der Waals surface area contributed by atoms with Crippen molar-refractivity contribution in [1.82, 2.24) is 5.32 Å². The van der Waals surface area contributed by atoms with Crippen LogP contribution < -0.4 is 11.1 Å². The Morgan fingerprint density at radius 3 is 2.64 bits per heavy atom. The first-order valence-corrected chi connectivity index (χ1v) is 7.04. The fourth-order valence-electron chi connectivity index (χ4n) is 1.65. The van der Waals surface area contributed by atoms with Crippen LogP contribution in [-0.2, 0) is 9.63 Å². The molecule has 7 nitrogen and oxygen atoms in total. The quantitative estimate of drug-likeness (QED) is 0.220. The van der Waals surface area contributed by atoms with E-state index in [2.05, 4.69) is 10.5 Å². The minimum absolute atomic E-state index is 0.427. The molecular formula is C15H21N3O4. The second kappa shape index (κ2) is 9.51. The van der Waals surface area contributed by atoms with Crippen LogP contribution in [0.3, 0.4) is 0 Å². The molecule has 0 heterocycles. The van der Waals surface area contributed by atoms with Gasteiger partial charge in [0, 0.05) is 6.54 Å². The van der Waals surface area contributed by atoms with E-state index >= 15 is 0 Å². The molecule has 22 heavy (non-hydrogen) atoms. The maximum absolute atomic E-state index is 11.6. The molecule has 7 heteroatoms. The lowest BCUT2D eigenvalue weighted by Crippen LogP contribution is -2.30. The van der Waals surface area contributed by atoms with Gasteiger partial charge in [-0.1, -0.05) is 23.4 Å². The van der Waals surface area contributed by atoms with E-state index in [4.69, 9.17) is 15.7 Å². The van der Waals surface area contributed by atoms with Crippen molar-refractivity contribution in [3.05, 3.63) is 35.9 Å². The van der Waals surface area contributed by atoms with Crippen LogP contribution in [0.15, 0.2) is 35.5 Å². The largest absolute Gasteiger partial charge is 0.480 e. The van der Waals surface area contributed by atoms with Gasteiger partial charge < -0.3 is 21.0 Å². The fraction of sp³-hybridized carbons (Fsp3) is 0.400. The Bertz CT molecular complexity index is 517. The molecule has 4 N–H and O–H groups in total. The topological polar surface area (TPSA) is 114 Å². The first-order valence-electron chi connectivity index (χ1n) is 7.04. The molecule has 1 aromatic rings. The highest BCUT2D eigenvalue weighted by atomic mass is 16.7. The number of rotatable bonds is 8. The Labute approximate surface area is 129 Å². The maximum atomic E-state index is 11.6. The standard InChI is InChI=1S/C15H21N3O4/c1-11(17-10-6-5-9-13(16)14(19)20)18-22-15(21)12-7-3-2-4-8-12/h2-4,7-8,13H,5-6,9-10,16H2,1H3,(H,17,18)(H,19,20)/t13-/m0/s1. The number of carbonyl (C=O) groups excluding carboxylic acids is 1. The molecular weight excluding hydrogens is 286 g/mol. The number of benzene rings is 1. The molecule has 0 saturated heterocycles. The molecule has 0 aliphatic rings. The molecule has 1 atom stereocenters. The summed E-state index contributed by atoms with van der Waals surface area (Å²) in [5, 5.41) is 15.3. The molecule has 0 unspecified atom stereocenters. The summed E-state index contributed by atoms with van der Waals surface area (Å²) >= 11 is 0. The lowest BCUT2D eigenvalue weighted by molar-refractivity contribution is -0.138. The highest BCUT2D eigenvalue weighted by molar-refractivity contribution is 5.90. The van der Waals surface area contributed by atoms with Crippen LogP contribution in [0.25, 0.3) is 0 Å². The van der Waals surface area contributed by atoms with Gasteiger partial charge in [-0.05, 0) is 38.3 Å². The van der Waals surface area contributed by atoms with Crippen molar-refractivity contribution in [2.75, 3.05) is 6.54 Å². The van der Waals surface area contributed by atoms with E-state index in [0.717, 1.165) is 6.42 Å². The number of carboxylic acids is 1. The Morgan fingerprint density at radius 2 is 2.00 bits per heavy atom. The van der Waals surface area contributed by atoms with Crippen LogP contribution in [0.2, 0.25) is 0 Å². The van der Waals surface area contributed by atoms with E-state index in [1.54, 1.807) is 31.2 Å². The summed E-state index contributed by atoms with van der Waals surface area (Å²) in [6, 6.07) is 7.77. The Balaban J connectivity index is 2.21. The van der Waals surface area contributed by atoms with E-state index in [1.165, 1.54) is 0 Å². The third-order valence-electron chi connectivity index (χ3n) is 2.91. The van der Waals surface area contributed by atoms with Crippen LogP contribution in [0.5, 0.6) is 0 Å². The third kappa shape index (κ3) is 6.85. The van der Waals surface area contributed by atoms with Crippen molar-refractivity contribution < 1.29 is 19.5 Å². The van der Waals surface area contributed by atoms with Gasteiger partial charge in [0.15, 0.2) is 0 Å². The summed E-state index contributed by atoms with van der Waals surface area (Å²) in [5.74, 6) is -1.03. The lowest BCUT2D eigenvalue weighted by atomic mass is 10.1. The van der Waals surface area contributed by atoms with Gasteiger partial charge in [-0.3, -0.25) is 4.79 Å². The smallest absolute Gasteiger partial charge is 0.365 e. The molecule has 0 aromatic heterocycles. The van der Waals surface area contributed by atoms with Gasteiger partial charge in [0.25, 0.3) is 0 Å². The number of unbranched alkanes of at least 4 members (excludes halogenated alkanes) is 1. The number of amidine groups is 1. The molecule has 0 fully saturated rings. The molecule has 0 bridgehead atoms. The van der Waals surface area contributed by atoms with Crippen molar-refractivity contribution in [3.8, 4) is 0 Å². The number of hydrogen-bond acceptors (Lipinski definition) is 5. The van der Waals surface area contributed by atoms with Crippen molar-refractivity contribution in [1.29, 1.82) is 0 Å². The third-order valence-corrected chi connectivity index (χ3v) is 2.91. The molecule has 120 valence electrons. The van der Waals surface area contributed by atoms with Crippen molar-refractivity contribution >= 4 is 17.8 Å². The second-order valence-electron chi connectivity index (χ2n) is 4.79. The number of nitrogens with one attached hydrogen (secondary N) is 1. The van der Waals surface area contributed by atoms with E-state index in [9.17, 15) is 9.59 Å². The maximum Gasteiger partial charge on any atom is 0.365 e. The number of oxime groups is 1. The average molecular weight is 307 g/mol. The van der Waals surface area contributed by atoms with E-state index in [0.29, 0.717) is 30.8 Å². The van der Waals surface area contributed by atoms with E-state index in [1.807, 2.05) is 6.07 Å². The molecule has 0 aliphatic carbocycles. The second-order valence-corrected chi connectivity index (χ2v) is 4.79. The molecule has 1 rings (SSSR count). The molecule has 0 spiro atoms. The van der Waals surface area contributed by atoms with E-state index < -0.39 is 18.0 Å². The van der Waals surface area contributed by atoms with Gasteiger partial charge >= 0.3 is 11.9 Å². The monoisotopic (exact) mass is 307 g/mol. The zero-order chi connectivity index (χ0) is 16.4. The highest BCUT2D eigenvalue weighted by Gasteiger charge is 2.10. The van der Waals surface area contributed by atoms with Gasteiger partial charge in [-0.2, -0.15) is 0 Å². The number of nitrogens with zero attached hydrogens (tertiary/aromatic N) is 1. The van der Waals surface area contributed by atoms with Gasteiger partial charge in [-0.25, -0.2) is 4.79 Å². The summed E-state index contributed by atoms with van der Waals surface area (Å²) in [7, 11) is 0. The number of aliphatic carboxylic acids is 1. The Kier molecular flexibility index (Phi) is 7.63. The average Bonchev–Trinajstić information content (AvgIpc) is 2.52. The molecule has 0 radical (unpaired) electrons. The number of carboxylic acid groups (broad SMARTS) is 1. The van der Waals surface area contributed by atoms with Crippen LogP contribution >= 0.6 is 0 Å². The molecule has 1 aromatic carbocycles. The van der Waals surface area contributed by atoms with Crippen molar-refractivity contribution in [3.63, 3.8) is 0 Å². The predicted molar refractivity (Wildman–Crippen MR) is 82.4 cm³/mol. The zero-order valence-electron chi connectivity index (χ0n) is 12.5. The summed E-state index contributed by atoms with van der Waals surface area (Å²) in [6.45, 7) is 2.28. The minimum Gasteiger partial charge on any atom is -0.480 e. The van der Waals surface area contributed by atoms with Gasteiger partial charge in [0.1, 0.15) is 11.9 Å². The molecule has 0 saturated carbocycles. The van der Waals surface area contributed by atoms with Gasteiger partial charge in [0.05, 0.1) is 5.56 Å². The van der Waals surface area contributed by atoms with Crippen LogP contribution in [-0.4, -0.2) is 35.5 Å². The molecule has 0 amide bonds. The highest BCUT2D eigenvalue weighted by Crippen LogP contribution is 2.01. The summed E-state index contributed by atoms with van der Waals surface area (Å²) in [6.07, 6.45) is 1.87. The summed E-state index contributed by atoms with van der Waals surface area (Å²) < 4.78 is 0. The van der Waals surface area contributed by atoms with Crippen LogP contribution in [0.4, 0.5) is 0 Å². The number of carbonyl (C=O) groups is 2. The lowest BCUT2D eigenvalue weighted by Gasteiger charge is -2.07. The van der Waals surface area contributed by atoms with Crippen molar-refractivity contribution in [2.45, 2.75) is 32.2 Å². The van der Waals surface area contributed by atoms with Crippen molar-refractivity contribution in [2.24, 2.45) is 10.9 Å². The first-order chi connectivity index (χ1) is 10.5. The van der Waals surface area contributed by atoms with E-state index in [-0.39, 0.29) is 0 Å². The van der Waals surface area contributed by atoms with Gasteiger partial charge in [0.2, 0.25) is 0 Å². The first kappa shape index (κ1) is 17.6.